The highest BCUT2D eigenvalue weighted by Gasteiger charge is 2.50. The lowest BCUT2D eigenvalue weighted by Crippen LogP contribution is -2.46. The summed E-state index contributed by atoms with van der Waals surface area (Å²) in [6.45, 7) is 5.38. The van der Waals surface area contributed by atoms with E-state index < -0.39 is 21.7 Å². The van der Waals surface area contributed by atoms with Crippen molar-refractivity contribution >= 4 is 10.0 Å². The van der Waals surface area contributed by atoms with Crippen LogP contribution in [0.2, 0.25) is 0 Å². The maximum atomic E-state index is 13.6. The predicted molar refractivity (Wildman–Crippen MR) is 107 cm³/mol. The SMILES string of the molecule is CCCn1cnnc1C1CN(C)CC12CCN(S(=O)(=O)c1ccc(F)c(F)c1)CC2. The van der Waals surface area contributed by atoms with Crippen molar-refractivity contribution in [3.8, 4) is 0 Å². The van der Waals surface area contributed by atoms with Crippen LogP contribution in [0.5, 0.6) is 0 Å². The van der Waals surface area contributed by atoms with Crippen LogP contribution in [-0.2, 0) is 16.6 Å². The van der Waals surface area contributed by atoms with E-state index in [2.05, 4.69) is 33.6 Å². The minimum absolute atomic E-state index is 0.0761. The van der Waals surface area contributed by atoms with Gasteiger partial charge in [-0.15, -0.1) is 10.2 Å². The zero-order chi connectivity index (χ0) is 21.5. The monoisotopic (exact) mass is 439 g/mol. The third-order valence-corrected chi connectivity index (χ3v) is 8.38. The van der Waals surface area contributed by atoms with E-state index in [0.717, 1.165) is 50.1 Å². The molecule has 0 bridgehead atoms. The average Bonchev–Trinajstić information content (AvgIpc) is 3.28. The molecule has 164 valence electrons. The third-order valence-electron chi connectivity index (χ3n) is 6.49. The Morgan fingerprint density at radius 3 is 2.60 bits per heavy atom. The Morgan fingerprint density at radius 1 is 1.20 bits per heavy atom. The smallest absolute Gasteiger partial charge is 0.243 e. The molecule has 2 aromatic rings. The second kappa shape index (κ2) is 7.97. The van der Waals surface area contributed by atoms with Crippen LogP contribution in [0.15, 0.2) is 29.4 Å². The van der Waals surface area contributed by atoms with Crippen molar-refractivity contribution in [1.29, 1.82) is 0 Å². The maximum absolute atomic E-state index is 13.6. The minimum atomic E-state index is -3.87. The number of likely N-dealkylation sites (N-methyl/N-ethyl adjacent to an activating group) is 1. The molecule has 1 aromatic carbocycles. The van der Waals surface area contributed by atoms with Gasteiger partial charge in [0, 0.05) is 38.6 Å². The van der Waals surface area contributed by atoms with Gasteiger partial charge in [-0.05, 0) is 49.9 Å². The lowest BCUT2D eigenvalue weighted by atomic mass is 9.71. The molecular formula is C20H27F2N5O2S. The lowest BCUT2D eigenvalue weighted by Gasteiger charge is -2.41. The van der Waals surface area contributed by atoms with Crippen molar-refractivity contribution in [3.05, 3.63) is 42.0 Å². The molecule has 4 rings (SSSR count). The van der Waals surface area contributed by atoms with Gasteiger partial charge in [0.15, 0.2) is 11.6 Å². The molecule has 2 aliphatic heterocycles. The predicted octanol–water partition coefficient (Wildman–Crippen LogP) is 2.47. The number of hydrogen-bond donors (Lipinski definition) is 0. The number of nitrogens with zero attached hydrogens (tertiary/aromatic N) is 5. The highest BCUT2D eigenvalue weighted by atomic mass is 32.2. The third kappa shape index (κ3) is 3.65. The van der Waals surface area contributed by atoms with Crippen molar-refractivity contribution in [3.63, 3.8) is 0 Å². The van der Waals surface area contributed by atoms with Gasteiger partial charge in [0.1, 0.15) is 12.2 Å². The number of piperidine rings is 1. The van der Waals surface area contributed by atoms with Gasteiger partial charge in [-0.1, -0.05) is 6.92 Å². The molecular weight excluding hydrogens is 412 g/mol. The Kier molecular flexibility index (Phi) is 5.67. The van der Waals surface area contributed by atoms with Crippen molar-refractivity contribution in [1.82, 2.24) is 24.0 Å². The lowest BCUT2D eigenvalue weighted by molar-refractivity contribution is 0.140. The van der Waals surface area contributed by atoms with Crippen LogP contribution in [0.25, 0.3) is 0 Å². The summed E-state index contributed by atoms with van der Waals surface area (Å²) in [4.78, 5) is 2.06. The number of likely N-dealkylation sites (tertiary alicyclic amines) is 1. The van der Waals surface area contributed by atoms with Gasteiger partial charge in [0.2, 0.25) is 10.0 Å². The zero-order valence-electron chi connectivity index (χ0n) is 17.3. The number of rotatable bonds is 5. The second-order valence-corrected chi connectivity index (χ2v) is 10.4. The highest BCUT2D eigenvalue weighted by Crippen LogP contribution is 2.49. The molecule has 3 heterocycles. The van der Waals surface area contributed by atoms with Crippen LogP contribution < -0.4 is 0 Å². The molecule has 0 saturated carbocycles. The number of halogens is 2. The largest absolute Gasteiger partial charge is 0.317 e. The van der Waals surface area contributed by atoms with E-state index in [0.29, 0.717) is 25.9 Å². The van der Waals surface area contributed by atoms with E-state index in [-0.39, 0.29) is 16.2 Å². The quantitative estimate of drug-likeness (QED) is 0.716. The first kappa shape index (κ1) is 21.3. The molecule has 0 aliphatic carbocycles. The second-order valence-electron chi connectivity index (χ2n) is 8.47. The Labute approximate surface area is 175 Å². The van der Waals surface area contributed by atoms with Crippen LogP contribution in [0.1, 0.15) is 37.9 Å². The van der Waals surface area contributed by atoms with E-state index >= 15 is 0 Å². The van der Waals surface area contributed by atoms with Crippen molar-refractivity contribution in [2.75, 3.05) is 33.2 Å². The van der Waals surface area contributed by atoms with E-state index in [1.54, 1.807) is 6.33 Å². The van der Waals surface area contributed by atoms with E-state index in [9.17, 15) is 17.2 Å². The van der Waals surface area contributed by atoms with Crippen LogP contribution in [0.4, 0.5) is 8.78 Å². The standard InChI is InChI=1S/C20H27F2N5O2S/c1-3-8-26-14-23-24-19(26)16-12-25(2)13-20(16)6-9-27(10-7-20)30(28,29)15-4-5-17(21)18(22)11-15/h4-5,11,14,16H,3,6-10,12-13H2,1-2H3. The summed E-state index contributed by atoms with van der Waals surface area (Å²) in [6, 6.07) is 2.74. The minimum Gasteiger partial charge on any atom is -0.317 e. The first-order valence-corrected chi connectivity index (χ1v) is 11.7. The van der Waals surface area contributed by atoms with Crippen LogP contribution in [-0.4, -0.2) is 65.6 Å². The van der Waals surface area contributed by atoms with Crippen molar-refractivity contribution in [2.45, 2.75) is 43.5 Å². The van der Waals surface area contributed by atoms with Gasteiger partial charge in [-0.2, -0.15) is 4.31 Å². The highest BCUT2D eigenvalue weighted by molar-refractivity contribution is 7.89. The fraction of sp³-hybridized carbons (Fsp3) is 0.600. The summed E-state index contributed by atoms with van der Waals surface area (Å²) in [5.41, 5.74) is -0.0761. The molecule has 2 saturated heterocycles. The molecule has 1 unspecified atom stereocenters. The molecule has 0 N–H and O–H groups in total. The van der Waals surface area contributed by atoms with Crippen molar-refractivity contribution < 1.29 is 17.2 Å². The number of aromatic nitrogens is 3. The van der Waals surface area contributed by atoms with Crippen LogP contribution in [0, 0.1) is 17.0 Å². The van der Waals surface area contributed by atoms with Crippen LogP contribution in [0.3, 0.4) is 0 Å². The first-order chi connectivity index (χ1) is 14.3. The maximum Gasteiger partial charge on any atom is 0.243 e. The molecule has 1 aromatic heterocycles. The molecule has 30 heavy (non-hydrogen) atoms. The first-order valence-electron chi connectivity index (χ1n) is 10.3. The average molecular weight is 440 g/mol. The molecule has 1 spiro atoms. The summed E-state index contributed by atoms with van der Waals surface area (Å²) in [5.74, 6) is -1.06. The summed E-state index contributed by atoms with van der Waals surface area (Å²) >= 11 is 0. The molecule has 2 aliphatic rings. The Hall–Kier alpha value is -1.91. The zero-order valence-corrected chi connectivity index (χ0v) is 18.1. The Morgan fingerprint density at radius 2 is 1.93 bits per heavy atom. The Bertz CT molecular complexity index is 1020. The van der Waals surface area contributed by atoms with Gasteiger partial charge in [0.05, 0.1) is 4.90 Å². The number of sulfonamides is 1. The topological polar surface area (TPSA) is 71.3 Å². The van der Waals surface area contributed by atoms with Gasteiger partial charge in [0.25, 0.3) is 0 Å². The van der Waals surface area contributed by atoms with Crippen LogP contribution >= 0.6 is 0 Å². The fourth-order valence-corrected chi connectivity index (χ4v) is 6.44. The van der Waals surface area contributed by atoms with E-state index in [4.69, 9.17) is 0 Å². The van der Waals surface area contributed by atoms with Gasteiger partial charge < -0.3 is 9.47 Å². The Balaban J connectivity index is 1.56. The number of aryl methyl sites for hydroxylation is 1. The molecule has 0 amide bonds. The van der Waals surface area contributed by atoms with Gasteiger partial charge >= 0.3 is 0 Å². The normalized spacial score (nSPS) is 22.7. The summed E-state index contributed by atoms with van der Waals surface area (Å²) < 4.78 is 56.2. The van der Waals surface area contributed by atoms with Crippen molar-refractivity contribution in [2.24, 2.45) is 5.41 Å². The molecule has 7 nitrogen and oxygen atoms in total. The number of hydrogen-bond acceptors (Lipinski definition) is 5. The fourth-order valence-electron chi connectivity index (χ4n) is 4.98. The molecule has 2 fully saturated rings. The summed E-state index contributed by atoms with van der Waals surface area (Å²) in [6.07, 6.45) is 4.13. The van der Waals surface area contributed by atoms with E-state index in [1.807, 2.05) is 0 Å². The van der Waals surface area contributed by atoms with Gasteiger partial charge in [-0.3, -0.25) is 0 Å². The summed E-state index contributed by atoms with van der Waals surface area (Å²) in [5, 5.41) is 8.53. The molecule has 0 radical (unpaired) electrons. The molecule has 1 atom stereocenters. The number of benzene rings is 1. The molecule has 10 heteroatoms. The van der Waals surface area contributed by atoms with Gasteiger partial charge in [-0.25, -0.2) is 17.2 Å². The van der Waals surface area contributed by atoms with E-state index in [1.165, 1.54) is 4.31 Å². The summed E-state index contributed by atoms with van der Waals surface area (Å²) in [7, 11) is -1.79.